The van der Waals surface area contributed by atoms with Gasteiger partial charge >= 0.3 is 0 Å². The fourth-order valence-electron chi connectivity index (χ4n) is 5.73. The molecular formula is C36H39N3O4S. The number of aryl methyl sites for hydroxylation is 1. The van der Waals surface area contributed by atoms with Crippen molar-refractivity contribution in [1.82, 2.24) is 10.2 Å². The van der Waals surface area contributed by atoms with Crippen LogP contribution in [0.2, 0.25) is 0 Å². The van der Waals surface area contributed by atoms with Crippen molar-refractivity contribution in [2.75, 3.05) is 10.8 Å². The number of sulfonamides is 1. The minimum Gasteiger partial charge on any atom is -0.352 e. The van der Waals surface area contributed by atoms with Crippen LogP contribution in [0.3, 0.4) is 0 Å². The molecule has 0 radical (unpaired) electrons. The Morgan fingerprint density at radius 1 is 0.795 bits per heavy atom. The molecule has 228 valence electrons. The lowest BCUT2D eigenvalue weighted by molar-refractivity contribution is -0.140. The molecule has 1 atom stereocenters. The summed E-state index contributed by atoms with van der Waals surface area (Å²) in [4.78, 5) is 30.2. The van der Waals surface area contributed by atoms with Gasteiger partial charge in [0.15, 0.2) is 0 Å². The number of anilines is 1. The lowest BCUT2D eigenvalue weighted by atomic mass is 10.0. The van der Waals surface area contributed by atoms with Crippen molar-refractivity contribution < 1.29 is 18.0 Å². The van der Waals surface area contributed by atoms with Gasteiger partial charge in [-0.05, 0) is 60.7 Å². The molecule has 5 rings (SSSR count). The van der Waals surface area contributed by atoms with E-state index < -0.39 is 28.5 Å². The zero-order valence-corrected chi connectivity index (χ0v) is 25.8. The van der Waals surface area contributed by atoms with Crippen LogP contribution in [0.25, 0.3) is 0 Å². The van der Waals surface area contributed by atoms with Gasteiger partial charge < -0.3 is 10.2 Å². The Hall–Kier alpha value is -4.43. The van der Waals surface area contributed by atoms with Gasteiger partial charge in [-0.1, -0.05) is 104 Å². The Labute approximate surface area is 260 Å². The van der Waals surface area contributed by atoms with Crippen molar-refractivity contribution in [3.63, 3.8) is 0 Å². The lowest BCUT2D eigenvalue weighted by Crippen LogP contribution is -2.54. The third-order valence-corrected chi connectivity index (χ3v) is 9.86. The van der Waals surface area contributed by atoms with Gasteiger partial charge in [-0.3, -0.25) is 13.9 Å². The highest BCUT2D eigenvalue weighted by Gasteiger charge is 2.35. The van der Waals surface area contributed by atoms with Gasteiger partial charge in [0, 0.05) is 19.0 Å². The van der Waals surface area contributed by atoms with E-state index in [1.165, 1.54) is 12.1 Å². The predicted octanol–water partition coefficient (Wildman–Crippen LogP) is 5.89. The summed E-state index contributed by atoms with van der Waals surface area (Å²) < 4.78 is 29.3. The number of benzene rings is 4. The summed E-state index contributed by atoms with van der Waals surface area (Å²) >= 11 is 0. The Balaban J connectivity index is 1.55. The third kappa shape index (κ3) is 7.74. The number of nitrogens with one attached hydrogen (secondary N) is 1. The molecular weight excluding hydrogens is 570 g/mol. The minimum atomic E-state index is -4.11. The number of hydrogen-bond donors (Lipinski definition) is 1. The summed E-state index contributed by atoms with van der Waals surface area (Å²) in [5.41, 5.74) is 3.01. The number of carbonyl (C=O) groups excluding carboxylic acids is 2. The molecule has 44 heavy (non-hydrogen) atoms. The maximum atomic E-state index is 14.5. The van der Waals surface area contributed by atoms with Crippen LogP contribution >= 0.6 is 0 Å². The second kappa shape index (κ2) is 14.4. The van der Waals surface area contributed by atoms with E-state index in [0.717, 1.165) is 46.7 Å². The molecule has 8 heteroatoms. The highest BCUT2D eigenvalue weighted by molar-refractivity contribution is 7.92. The van der Waals surface area contributed by atoms with Gasteiger partial charge in [0.2, 0.25) is 11.8 Å². The average Bonchev–Trinajstić information content (AvgIpc) is 3.56. The van der Waals surface area contributed by atoms with Crippen LogP contribution in [0.1, 0.15) is 42.4 Å². The van der Waals surface area contributed by atoms with Crippen LogP contribution in [0.4, 0.5) is 5.69 Å². The molecule has 0 aromatic heterocycles. The molecule has 1 saturated carbocycles. The number of carbonyl (C=O) groups is 2. The van der Waals surface area contributed by atoms with Crippen LogP contribution in [0.5, 0.6) is 0 Å². The van der Waals surface area contributed by atoms with Gasteiger partial charge in [-0.2, -0.15) is 0 Å². The molecule has 0 spiro atoms. The smallest absolute Gasteiger partial charge is 0.264 e. The monoisotopic (exact) mass is 609 g/mol. The average molecular weight is 610 g/mol. The van der Waals surface area contributed by atoms with Crippen LogP contribution in [0, 0.1) is 6.92 Å². The number of rotatable bonds is 12. The SMILES string of the molecule is Cc1cccc(N(CC(=O)N(Cc2ccccc2)[C@H](Cc2ccccc2)C(=O)NC2CCCC2)S(=O)(=O)c2ccccc2)c1. The van der Waals surface area contributed by atoms with Crippen molar-refractivity contribution in [3.8, 4) is 0 Å². The Morgan fingerprint density at radius 2 is 1.39 bits per heavy atom. The van der Waals surface area contributed by atoms with Crippen LogP contribution in [0.15, 0.2) is 120 Å². The minimum absolute atomic E-state index is 0.0664. The zero-order chi connectivity index (χ0) is 30.9. The molecule has 2 amide bonds. The fraction of sp³-hybridized carbons (Fsp3) is 0.278. The molecule has 1 fully saturated rings. The molecule has 1 aliphatic rings. The molecule has 0 bridgehead atoms. The Bertz CT molecular complexity index is 1640. The quantitative estimate of drug-likeness (QED) is 0.217. The summed E-state index contributed by atoms with van der Waals surface area (Å²) in [5, 5.41) is 3.20. The maximum absolute atomic E-state index is 14.5. The van der Waals surface area contributed by atoms with Gasteiger partial charge in [0.1, 0.15) is 12.6 Å². The molecule has 7 nitrogen and oxygen atoms in total. The summed E-state index contributed by atoms with van der Waals surface area (Å²) in [6.07, 6.45) is 4.24. The highest BCUT2D eigenvalue weighted by Crippen LogP contribution is 2.26. The van der Waals surface area contributed by atoms with E-state index in [1.54, 1.807) is 41.3 Å². The first kappa shape index (κ1) is 31.0. The summed E-state index contributed by atoms with van der Waals surface area (Å²) in [6.45, 7) is 1.57. The second-order valence-corrected chi connectivity index (χ2v) is 13.2. The molecule has 1 N–H and O–H groups in total. The van der Waals surface area contributed by atoms with Crippen molar-refractivity contribution >= 4 is 27.5 Å². The number of nitrogens with zero attached hydrogens (tertiary/aromatic N) is 2. The maximum Gasteiger partial charge on any atom is 0.264 e. The normalized spacial score (nSPS) is 14.1. The third-order valence-electron chi connectivity index (χ3n) is 8.07. The van der Waals surface area contributed by atoms with Crippen LogP contribution in [-0.2, 0) is 32.6 Å². The Morgan fingerprint density at radius 3 is 2.00 bits per heavy atom. The second-order valence-electron chi connectivity index (χ2n) is 11.4. The van der Waals surface area contributed by atoms with Gasteiger partial charge in [-0.15, -0.1) is 0 Å². The molecule has 0 aliphatic heterocycles. The van der Waals surface area contributed by atoms with E-state index in [4.69, 9.17) is 0 Å². The van der Waals surface area contributed by atoms with Crippen molar-refractivity contribution in [1.29, 1.82) is 0 Å². The molecule has 0 heterocycles. The topological polar surface area (TPSA) is 86.8 Å². The van der Waals surface area contributed by atoms with E-state index in [1.807, 2.05) is 73.7 Å². The largest absolute Gasteiger partial charge is 0.352 e. The van der Waals surface area contributed by atoms with Crippen molar-refractivity contribution in [2.24, 2.45) is 0 Å². The first-order valence-corrected chi connectivity index (χ1v) is 16.6. The predicted molar refractivity (Wildman–Crippen MR) is 173 cm³/mol. The van der Waals surface area contributed by atoms with Crippen molar-refractivity contribution in [3.05, 3.63) is 132 Å². The molecule has 4 aromatic carbocycles. The molecule has 0 unspecified atom stereocenters. The van der Waals surface area contributed by atoms with Gasteiger partial charge in [0.05, 0.1) is 10.6 Å². The summed E-state index contributed by atoms with van der Waals surface area (Å²) in [6, 6.07) is 33.6. The van der Waals surface area contributed by atoms with Gasteiger partial charge in [0.25, 0.3) is 10.0 Å². The highest BCUT2D eigenvalue weighted by atomic mass is 32.2. The standard InChI is InChI=1S/C36H39N3O4S/c1-28-14-13-21-32(24-28)39(44(42,43)33-22-9-4-10-23-33)27-35(40)38(26-30-17-7-3-8-18-30)34(25-29-15-5-2-6-16-29)36(41)37-31-19-11-12-20-31/h2-10,13-18,21-24,31,34H,11-12,19-20,25-27H2,1H3,(H,37,41)/t34-/m1/s1. The first-order valence-electron chi connectivity index (χ1n) is 15.1. The number of hydrogen-bond acceptors (Lipinski definition) is 4. The van der Waals surface area contributed by atoms with E-state index >= 15 is 0 Å². The summed E-state index contributed by atoms with van der Waals surface area (Å²) in [7, 11) is -4.11. The summed E-state index contributed by atoms with van der Waals surface area (Å²) in [5.74, 6) is -0.685. The zero-order valence-electron chi connectivity index (χ0n) is 25.0. The van der Waals surface area contributed by atoms with E-state index in [0.29, 0.717) is 12.1 Å². The van der Waals surface area contributed by atoms with Crippen molar-refractivity contribution in [2.45, 2.75) is 62.6 Å². The lowest BCUT2D eigenvalue weighted by Gasteiger charge is -2.34. The molecule has 0 saturated heterocycles. The van der Waals surface area contributed by atoms with Gasteiger partial charge in [-0.25, -0.2) is 8.42 Å². The van der Waals surface area contributed by atoms with E-state index in [-0.39, 0.29) is 23.4 Å². The Kier molecular flexibility index (Phi) is 10.1. The van der Waals surface area contributed by atoms with E-state index in [9.17, 15) is 18.0 Å². The molecule has 1 aliphatic carbocycles. The molecule has 4 aromatic rings. The number of amides is 2. The van der Waals surface area contributed by atoms with Crippen LogP contribution in [-0.4, -0.2) is 43.8 Å². The van der Waals surface area contributed by atoms with Crippen LogP contribution < -0.4 is 9.62 Å². The van der Waals surface area contributed by atoms with E-state index in [2.05, 4.69) is 5.32 Å². The first-order chi connectivity index (χ1) is 21.3. The fourth-order valence-corrected chi connectivity index (χ4v) is 7.16.